The maximum absolute atomic E-state index is 6.10. The molecule has 16 heavy (non-hydrogen) atoms. The van der Waals surface area contributed by atoms with Crippen molar-refractivity contribution >= 4 is 28.9 Å². The Morgan fingerprint density at radius 3 is 2.69 bits per heavy atom. The van der Waals surface area contributed by atoms with Crippen LogP contribution in [0.4, 0.5) is 17.3 Å². The number of rotatable bonds is 2. The minimum Gasteiger partial charge on any atom is -0.382 e. The predicted molar refractivity (Wildman–Crippen MR) is 67.2 cm³/mol. The van der Waals surface area contributed by atoms with Crippen LogP contribution >= 0.6 is 11.6 Å². The normalized spacial score (nSPS) is 10.4. The van der Waals surface area contributed by atoms with Crippen molar-refractivity contribution in [2.45, 2.75) is 13.8 Å². The summed E-state index contributed by atoms with van der Waals surface area (Å²) in [6.07, 6.45) is 0. The van der Waals surface area contributed by atoms with Crippen molar-refractivity contribution in [2.75, 3.05) is 11.1 Å². The highest BCUT2D eigenvalue weighted by molar-refractivity contribution is 6.33. The van der Waals surface area contributed by atoms with E-state index in [-0.39, 0.29) is 0 Å². The van der Waals surface area contributed by atoms with Gasteiger partial charge >= 0.3 is 0 Å². The number of aromatic nitrogens is 2. The number of imidazole rings is 1. The number of aromatic amines is 1. The maximum atomic E-state index is 6.10. The van der Waals surface area contributed by atoms with Gasteiger partial charge in [0.1, 0.15) is 11.6 Å². The lowest BCUT2D eigenvalue weighted by atomic mass is 10.2. The summed E-state index contributed by atoms with van der Waals surface area (Å²) in [7, 11) is 0. The SMILES string of the molecule is Cc1ccc(Nc2nc(C)[nH]c2N)c(Cl)c1. The zero-order chi connectivity index (χ0) is 11.7. The highest BCUT2D eigenvalue weighted by atomic mass is 35.5. The van der Waals surface area contributed by atoms with E-state index in [9.17, 15) is 0 Å². The smallest absolute Gasteiger partial charge is 0.173 e. The number of halogens is 1. The Labute approximate surface area is 98.8 Å². The molecule has 4 N–H and O–H groups in total. The summed E-state index contributed by atoms with van der Waals surface area (Å²) in [5.41, 5.74) is 7.66. The largest absolute Gasteiger partial charge is 0.382 e. The Morgan fingerprint density at radius 2 is 2.12 bits per heavy atom. The van der Waals surface area contributed by atoms with Crippen molar-refractivity contribution in [1.29, 1.82) is 0 Å². The van der Waals surface area contributed by atoms with Crippen molar-refractivity contribution in [3.8, 4) is 0 Å². The van der Waals surface area contributed by atoms with Crippen molar-refractivity contribution in [3.05, 3.63) is 34.6 Å². The fourth-order valence-corrected chi connectivity index (χ4v) is 1.74. The fourth-order valence-electron chi connectivity index (χ4n) is 1.45. The molecule has 84 valence electrons. The van der Waals surface area contributed by atoms with Gasteiger partial charge in [-0.15, -0.1) is 0 Å². The van der Waals surface area contributed by atoms with Gasteiger partial charge in [0.15, 0.2) is 5.82 Å². The van der Waals surface area contributed by atoms with Gasteiger partial charge in [0.2, 0.25) is 0 Å². The number of H-pyrrole nitrogens is 1. The van der Waals surface area contributed by atoms with Gasteiger partial charge in [0.05, 0.1) is 10.7 Å². The van der Waals surface area contributed by atoms with Gasteiger partial charge in [-0.1, -0.05) is 17.7 Å². The first-order chi connectivity index (χ1) is 7.56. The topological polar surface area (TPSA) is 66.7 Å². The van der Waals surface area contributed by atoms with E-state index in [0.29, 0.717) is 16.7 Å². The quantitative estimate of drug-likeness (QED) is 0.751. The first kappa shape index (κ1) is 10.8. The third-order valence-corrected chi connectivity index (χ3v) is 2.54. The van der Waals surface area contributed by atoms with Crippen LogP contribution in [0.1, 0.15) is 11.4 Å². The Morgan fingerprint density at radius 1 is 1.38 bits per heavy atom. The number of nitrogens with one attached hydrogen (secondary N) is 2. The summed E-state index contributed by atoms with van der Waals surface area (Å²) in [5, 5.41) is 3.74. The summed E-state index contributed by atoms with van der Waals surface area (Å²) >= 11 is 6.10. The molecular formula is C11H13ClN4. The average molecular weight is 237 g/mol. The molecular weight excluding hydrogens is 224 g/mol. The molecule has 0 bridgehead atoms. The van der Waals surface area contributed by atoms with Gasteiger partial charge < -0.3 is 16.0 Å². The van der Waals surface area contributed by atoms with Crippen LogP contribution in [-0.2, 0) is 0 Å². The Bertz CT molecular complexity index is 519. The van der Waals surface area contributed by atoms with E-state index in [2.05, 4.69) is 15.3 Å². The predicted octanol–water partition coefficient (Wildman–Crippen LogP) is 3.01. The summed E-state index contributed by atoms with van der Waals surface area (Å²) in [5.74, 6) is 1.88. The van der Waals surface area contributed by atoms with Gasteiger partial charge in [-0.3, -0.25) is 0 Å². The molecule has 0 aliphatic heterocycles. The molecule has 0 saturated heterocycles. The van der Waals surface area contributed by atoms with E-state index in [1.165, 1.54) is 0 Å². The fraction of sp³-hybridized carbons (Fsp3) is 0.182. The summed E-state index contributed by atoms with van der Waals surface area (Å²) in [6.45, 7) is 3.83. The molecule has 1 aromatic heterocycles. The molecule has 4 nitrogen and oxygen atoms in total. The lowest BCUT2D eigenvalue weighted by Gasteiger charge is -2.06. The van der Waals surface area contributed by atoms with E-state index in [1.54, 1.807) is 0 Å². The van der Waals surface area contributed by atoms with Gasteiger partial charge in [0.25, 0.3) is 0 Å². The Kier molecular flexibility index (Phi) is 2.75. The minimum absolute atomic E-state index is 0.508. The Balaban J connectivity index is 2.30. The number of hydrogen-bond donors (Lipinski definition) is 3. The van der Waals surface area contributed by atoms with Crippen LogP contribution in [0.2, 0.25) is 5.02 Å². The van der Waals surface area contributed by atoms with E-state index in [4.69, 9.17) is 17.3 Å². The lowest BCUT2D eigenvalue weighted by Crippen LogP contribution is -1.96. The van der Waals surface area contributed by atoms with Crippen LogP contribution in [-0.4, -0.2) is 9.97 Å². The molecule has 2 rings (SSSR count). The molecule has 0 saturated carbocycles. The van der Waals surface area contributed by atoms with Crippen LogP contribution < -0.4 is 11.1 Å². The average Bonchev–Trinajstić information content (AvgIpc) is 2.50. The molecule has 0 radical (unpaired) electrons. The second kappa shape index (κ2) is 4.06. The van der Waals surface area contributed by atoms with E-state index < -0.39 is 0 Å². The third kappa shape index (κ3) is 2.12. The molecule has 0 aliphatic carbocycles. The van der Waals surface area contributed by atoms with Crippen molar-refractivity contribution in [2.24, 2.45) is 0 Å². The number of anilines is 3. The number of nitrogens with zero attached hydrogens (tertiary/aromatic N) is 1. The van der Waals surface area contributed by atoms with Crippen LogP contribution in [0.25, 0.3) is 0 Å². The van der Waals surface area contributed by atoms with Gasteiger partial charge in [-0.2, -0.15) is 0 Å². The zero-order valence-corrected chi connectivity index (χ0v) is 9.89. The Hall–Kier alpha value is -1.68. The van der Waals surface area contributed by atoms with Crippen LogP contribution in [0, 0.1) is 13.8 Å². The highest BCUT2D eigenvalue weighted by Crippen LogP contribution is 2.27. The molecule has 5 heteroatoms. The number of aryl methyl sites for hydroxylation is 2. The van der Waals surface area contributed by atoms with Gasteiger partial charge in [0, 0.05) is 0 Å². The third-order valence-electron chi connectivity index (χ3n) is 2.23. The number of benzene rings is 1. The number of hydrogen-bond acceptors (Lipinski definition) is 3. The minimum atomic E-state index is 0.508. The second-order valence-corrected chi connectivity index (χ2v) is 4.10. The van der Waals surface area contributed by atoms with Crippen LogP contribution in [0.3, 0.4) is 0 Å². The second-order valence-electron chi connectivity index (χ2n) is 3.69. The van der Waals surface area contributed by atoms with E-state index >= 15 is 0 Å². The highest BCUT2D eigenvalue weighted by Gasteiger charge is 2.07. The summed E-state index contributed by atoms with van der Waals surface area (Å²) in [6, 6.07) is 5.77. The van der Waals surface area contributed by atoms with Gasteiger partial charge in [-0.25, -0.2) is 4.98 Å². The molecule has 0 amide bonds. The van der Waals surface area contributed by atoms with Crippen molar-refractivity contribution in [1.82, 2.24) is 9.97 Å². The number of nitrogen functional groups attached to an aromatic ring is 1. The first-order valence-corrected chi connectivity index (χ1v) is 5.29. The van der Waals surface area contributed by atoms with Crippen LogP contribution in [0.15, 0.2) is 18.2 Å². The maximum Gasteiger partial charge on any atom is 0.173 e. The first-order valence-electron chi connectivity index (χ1n) is 4.91. The monoisotopic (exact) mass is 236 g/mol. The lowest BCUT2D eigenvalue weighted by molar-refractivity contribution is 1.15. The van der Waals surface area contributed by atoms with Crippen molar-refractivity contribution < 1.29 is 0 Å². The molecule has 1 aromatic carbocycles. The molecule has 0 aliphatic rings. The molecule has 2 aromatic rings. The van der Waals surface area contributed by atoms with E-state index in [1.807, 2.05) is 32.0 Å². The van der Waals surface area contributed by atoms with Gasteiger partial charge in [-0.05, 0) is 31.5 Å². The summed E-state index contributed by atoms with van der Waals surface area (Å²) < 4.78 is 0. The molecule has 0 spiro atoms. The summed E-state index contributed by atoms with van der Waals surface area (Å²) in [4.78, 5) is 7.14. The van der Waals surface area contributed by atoms with Crippen molar-refractivity contribution in [3.63, 3.8) is 0 Å². The molecule has 0 unspecified atom stereocenters. The molecule has 0 fully saturated rings. The van der Waals surface area contributed by atoms with E-state index in [0.717, 1.165) is 17.1 Å². The standard InChI is InChI=1S/C11H13ClN4/c1-6-3-4-9(8(12)5-6)16-11-10(13)14-7(2)15-11/h3-5,16H,13H2,1-2H3,(H,14,15). The molecule has 1 heterocycles. The molecule has 0 atom stereocenters. The zero-order valence-electron chi connectivity index (χ0n) is 9.13. The van der Waals surface area contributed by atoms with Crippen LogP contribution in [0.5, 0.6) is 0 Å². The number of nitrogens with two attached hydrogens (primary N) is 1.